The Morgan fingerprint density at radius 2 is 1.24 bits per heavy atom. The van der Waals surface area contributed by atoms with Gasteiger partial charge in [0.05, 0.1) is 12.1 Å². The number of aromatic nitrogens is 6. The molecule has 2 aromatic carbocycles. The first-order valence-electron chi connectivity index (χ1n) is 11.8. The van der Waals surface area contributed by atoms with E-state index in [1.807, 2.05) is 48.5 Å². The van der Waals surface area contributed by atoms with Crippen molar-refractivity contribution >= 4 is 46.9 Å². The fraction of sp³-hybridized carbons (Fsp3) is 0.250. The van der Waals surface area contributed by atoms with E-state index >= 15 is 0 Å². The molecule has 10 N–H and O–H groups in total. The molecular formula is C24H30N12O2. The zero-order valence-electron chi connectivity index (χ0n) is 20.9. The maximum atomic E-state index is 13.0. The van der Waals surface area contributed by atoms with Gasteiger partial charge in [0.1, 0.15) is 0 Å². The maximum absolute atomic E-state index is 13.0. The predicted octanol–water partition coefficient (Wildman–Crippen LogP) is 1.02. The molecule has 2 atom stereocenters. The zero-order chi connectivity index (χ0) is 27.1. The van der Waals surface area contributed by atoms with Crippen molar-refractivity contribution in [3.8, 4) is 0 Å². The van der Waals surface area contributed by atoms with Crippen LogP contribution in [0.2, 0.25) is 0 Å². The number of amides is 1. The molecule has 0 radical (unpaired) electrons. The van der Waals surface area contributed by atoms with Crippen LogP contribution in [-0.4, -0.2) is 61.2 Å². The number of H-pyrrole nitrogens is 2. The lowest BCUT2D eigenvalue weighted by Crippen LogP contribution is -2.50. The van der Waals surface area contributed by atoms with Crippen molar-refractivity contribution in [1.29, 1.82) is 0 Å². The number of carbonyl (C=O) groups is 2. The van der Waals surface area contributed by atoms with E-state index in [-0.39, 0.29) is 23.6 Å². The molecule has 2 aromatic heterocycles. The Balaban J connectivity index is 1.33. The van der Waals surface area contributed by atoms with Gasteiger partial charge < -0.3 is 32.7 Å². The molecular weight excluding hydrogens is 488 g/mol. The molecule has 0 bridgehead atoms. The number of carbonyl (C=O) groups excluding carboxylic acids is 2. The van der Waals surface area contributed by atoms with Gasteiger partial charge in [-0.15, -0.1) is 10.2 Å². The van der Waals surface area contributed by atoms with Gasteiger partial charge in [0.2, 0.25) is 29.7 Å². The van der Waals surface area contributed by atoms with Crippen molar-refractivity contribution in [3.63, 3.8) is 0 Å². The number of benzene rings is 2. The van der Waals surface area contributed by atoms with Crippen molar-refractivity contribution in [3.05, 3.63) is 59.7 Å². The molecule has 4 rings (SSSR count). The Hall–Kier alpha value is -4.98. The number of aromatic amines is 2. The molecule has 2 heterocycles. The monoisotopic (exact) mass is 518 g/mol. The van der Waals surface area contributed by atoms with Crippen molar-refractivity contribution < 1.29 is 9.59 Å². The van der Waals surface area contributed by atoms with E-state index in [0.29, 0.717) is 24.7 Å². The number of anilines is 6. The summed E-state index contributed by atoms with van der Waals surface area (Å²) in [7, 11) is 1.71. The quantitative estimate of drug-likeness (QED) is 0.132. The second-order valence-electron chi connectivity index (χ2n) is 8.65. The molecule has 14 heteroatoms. The standard InChI is InChI=1S/C24H30N12O2/c1-13(37)18(11-14-3-7-16(8-4-14)28-23-31-21(25)33-35-23)30-20(38)19(27-2)12-15-5-9-17(10-6-15)29-24-32-22(26)34-36-24/h3-10,18-19,27H,11-12H2,1-2H3,(H,30,38)(H4,25,28,31,33,35)(H4,26,29,32,34,36)/t18-,19+/m1/s1. The Morgan fingerprint density at radius 3 is 1.61 bits per heavy atom. The Labute approximate surface area is 218 Å². The zero-order valence-corrected chi connectivity index (χ0v) is 20.9. The molecule has 0 spiro atoms. The first-order valence-corrected chi connectivity index (χ1v) is 11.8. The highest BCUT2D eigenvalue weighted by atomic mass is 16.2. The summed E-state index contributed by atoms with van der Waals surface area (Å²) in [4.78, 5) is 33.4. The van der Waals surface area contributed by atoms with Gasteiger partial charge in [-0.2, -0.15) is 9.97 Å². The van der Waals surface area contributed by atoms with Crippen LogP contribution in [0.4, 0.5) is 35.2 Å². The van der Waals surface area contributed by atoms with Crippen LogP contribution >= 0.6 is 0 Å². The minimum absolute atomic E-state index is 0.130. The predicted molar refractivity (Wildman–Crippen MR) is 144 cm³/mol. The van der Waals surface area contributed by atoms with E-state index in [1.165, 1.54) is 6.92 Å². The largest absolute Gasteiger partial charge is 0.368 e. The molecule has 0 aliphatic carbocycles. The Bertz CT molecular complexity index is 1360. The summed E-state index contributed by atoms with van der Waals surface area (Å²) in [6, 6.07) is 13.8. The van der Waals surface area contributed by atoms with Gasteiger partial charge in [0.25, 0.3) is 0 Å². The number of nitrogens with two attached hydrogens (primary N) is 2. The fourth-order valence-corrected chi connectivity index (χ4v) is 3.73. The van der Waals surface area contributed by atoms with Crippen LogP contribution in [0.15, 0.2) is 48.5 Å². The van der Waals surface area contributed by atoms with Crippen molar-refractivity contribution in [1.82, 2.24) is 41.0 Å². The lowest BCUT2D eigenvalue weighted by molar-refractivity contribution is -0.128. The summed E-state index contributed by atoms with van der Waals surface area (Å²) in [6.07, 6.45) is 0.796. The summed E-state index contributed by atoms with van der Waals surface area (Å²) in [5, 5.41) is 25.0. The van der Waals surface area contributed by atoms with Crippen LogP contribution in [-0.2, 0) is 22.4 Å². The molecule has 38 heavy (non-hydrogen) atoms. The normalized spacial score (nSPS) is 12.5. The number of ketones is 1. The minimum Gasteiger partial charge on any atom is -0.368 e. The number of hydrogen-bond donors (Lipinski definition) is 8. The third-order valence-corrected chi connectivity index (χ3v) is 5.78. The maximum Gasteiger partial charge on any atom is 0.248 e. The highest BCUT2D eigenvalue weighted by Gasteiger charge is 2.23. The van der Waals surface area contributed by atoms with Gasteiger partial charge in [0, 0.05) is 11.4 Å². The second-order valence-corrected chi connectivity index (χ2v) is 8.65. The molecule has 1 amide bonds. The molecule has 14 nitrogen and oxygen atoms in total. The number of Topliss-reactive ketones (excluding diaryl/α,β-unsaturated/α-hetero) is 1. The average Bonchev–Trinajstić information content (AvgIpc) is 3.50. The molecule has 0 unspecified atom stereocenters. The number of nitrogens with one attached hydrogen (secondary N) is 6. The highest BCUT2D eigenvalue weighted by molar-refractivity contribution is 5.90. The summed E-state index contributed by atoms with van der Waals surface area (Å²) in [5.41, 5.74) is 14.4. The topological polar surface area (TPSA) is 217 Å². The number of nitrogens with zero attached hydrogens (tertiary/aromatic N) is 4. The van der Waals surface area contributed by atoms with E-state index in [4.69, 9.17) is 11.5 Å². The molecule has 0 saturated heterocycles. The number of rotatable bonds is 12. The SMILES string of the molecule is CN[C@@H](Cc1ccc(Nc2n[nH]c(N)n2)cc1)C(=O)N[C@H](Cc1ccc(Nc2n[nH]c(N)n2)cc1)C(C)=O. The fourth-order valence-electron chi connectivity index (χ4n) is 3.73. The highest BCUT2D eigenvalue weighted by Crippen LogP contribution is 2.17. The summed E-state index contributed by atoms with van der Waals surface area (Å²) >= 11 is 0. The molecule has 198 valence electrons. The summed E-state index contributed by atoms with van der Waals surface area (Å²) in [6.45, 7) is 1.47. The number of hydrogen-bond acceptors (Lipinski definition) is 11. The van der Waals surface area contributed by atoms with Crippen molar-refractivity contribution in [2.75, 3.05) is 29.1 Å². The number of likely N-dealkylation sites (N-methyl/N-ethyl adjacent to an activating group) is 1. The van der Waals surface area contributed by atoms with Crippen molar-refractivity contribution in [2.45, 2.75) is 31.8 Å². The van der Waals surface area contributed by atoms with Gasteiger partial charge in [-0.3, -0.25) is 9.59 Å². The van der Waals surface area contributed by atoms with E-state index in [2.05, 4.69) is 51.6 Å². The van der Waals surface area contributed by atoms with Gasteiger partial charge >= 0.3 is 0 Å². The van der Waals surface area contributed by atoms with Gasteiger partial charge in [-0.05, 0) is 62.2 Å². The van der Waals surface area contributed by atoms with Crippen LogP contribution in [0.5, 0.6) is 0 Å². The Kier molecular flexibility index (Phi) is 8.13. The third kappa shape index (κ3) is 7.04. The second kappa shape index (κ2) is 11.8. The van der Waals surface area contributed by atoms with Crippen LogP contribution in [0.25, 0.3) is 0 Å². The van der Waals surface area contributed by atoms with Crippen LogP contribution < -0.4 is 32.7 Å². The summed E-state index contributed by atoms with van der Waals surface area (Å²) < 4.78 is 0. The van der Waals surface area contributed by atoms with Crippen LogP contribution in [0.1, 0.15) is 18.1 Å². The van der Waals surface area contributed by atoms with Crippen molar-refractivity contribution in [2.24, 2.45) is 0 Å². The van der Waals surface area contributed by atoms with Gasteiger partial charge in [-0.1, -0.05) is 24.3 Å². The first kappa shape index (κ1) is 26.1. The first-order chi connectivity index (χ1) is 18.3. The Morgan fingerprint density at radius 1 is 0.789 bits per heavy atom. The molecule has 0 aliphatic heterocycles. The van der Waals surface area contributed by atoms with Gasteiger partial charge in [0.15, 0.2) is 5.78 Å². The van der Waals surface area contributed by atoms with E-state index in [1.54, 1.807) is 7.05 Å². The lowest BCUT2D eigenvalue weighted by Gasteiger charge is -2.21. The van der Waals surface area contributed by atoms with Crippen LogP contribution in [0.3, 0.4) is 0 Å². The molecule has 0 aliphatic rings. The molecule has 0 fully saturated rings. The van der Waals surface area contributed by atoms with E-state index in [9.17, 15) is 9.59 Å². The van der Waals surface area contributed by atoms with E-state index < -0.39 is 12.1 Å². The summed E-state index contributed by atoms with van der Waals surface area (Å²) in [5.74, 6) is 0.767. The smallest absolute Gasteiger partial charge is 0.248 e. The minimum atomic E-state index is -0.662. The lowest BCUT2D eigenvalue weighted by atomic mass is 10.0. The van der Waals surface area contributed by atoms with Gasteiger partial charge in [-0.25, -0.2) is 10.2 Å². The third-order valence-electron chi connectivity index (χ3n) is 5.78. The van der Waals surface area contributed by atoms with E-state index in [0.717, 1.165) is 22.5 Å². The molecule has 4 aromatic rings. The van der Waals surface area contributed by atoms with Crippen LogP contribution in [0, 0.1) is 0 Å². The number of nitrogen functional groups attached to an aromatic ring is 2. The average molecular weight is 519 g/mol. The molecule has 0 saturated carbocycles.